The minimum absolute atomic E-state index is 0.0828. The highest BCUT2D eigenvalue weighted by Crippen LogP contribution is 2.38. The summed E-state index contributed by atoms with van der Waals surface area (Å²) in [4.78, 5) is -0.0828. The van der Waals surface area contributed by atoms with E-state index < -0.39 is 12.3 Å². The van der Waals surface area contributed by atoms with Crippen molar-refractivity contribution in [1.29, 1.82) is 0 Å². The Kier molecular flexibility index (Phi) is 2.98. The van der Waals surface area contributed by atoms with Crippen molar-refractivity contribution in [2.24, 2.45) is 0 Å². The molecule has 0 radical (unpaired) electrons. The molecule has 1 heterocycles. The van der Waals surface area contributed by atoms with Gasteiger partial charge in [0.2, 0.25) is 0 Å². The van der Waals surface area contributed by atoms with Gasteiger partial charge in [0, 0.05) is 14.0 Å². The Morgan fingerprint density at radius 1 is 1.25 bits per heavy atom. The molecule has 1 aromatic heterocycles. The highest BCUT2D eigenvalue weighted by molar-refractivity contribution is 9.10. The van der Waals surface area contributed by atoms with Crippen LogP contribution in [0.2, 0.25) is 0 Å². The molecule has 86 valence electrons. The third-order valence-electron chi connectivity index (χ3n) is 2.08. The van der Waals surface area contributed by atoms with Crippen LogP contribution in [0.15, 0.2) is 28.7 Å². The fraction of sp³-hybridized carbons (Fsp3) is 0.200. The smallest absolute Gasteiger partial charge is 0.379 e. The van der Waals surface area contributed by atoms with Crippen molar-refractivity contribution < 1.29 is 18.3 Å². The van der Waals surface area contributed by atoms with E-state index in [0.29, 0.717) is 5.39 Å². The van der Waals surface area contributed by atoms with E-state index in [0.717, 1.165) is 20.5 Å². The predicted octanol–water partition coefficient (Wildman–Crippen LogP) is 4.26. The topological polar surface area (TPSA) is 20.2 Å². The van der Waals surface area contributed by atoms with E-state index in [-0.39, 0.29) is 4.88 Å². The Bertz CT molecular complexity index is 520. The molecule has 6 heteroatoms. The second-order valence-corrected chi connectivity index (χ2v) is 5.31. The van der Waals surface area contributed by atoms with Crippen LogP contribution in [-0.2, 0) is 0 Å². The van der Waals surface area contributed by atoms with Gasteiger partial charge in [0.25, 0.3) is 0 Å². The van der Waals surface area contributed by atoms with E-state index >= 15 is 0 Å². The van der Waals surface area contributed by atoms with Crippen molar-refractivity contribution in [2.75, 3.05) is 0 Å². The first-order valence-electron chi connectivity index (χ1n) is 4.32. The molecule has 1 nitrogen and oxygen atoms in total. The minimum Gasteiger partial charge on any atom is -0.379 e. The molecular formula is C10H6BrF3OS. The standard InChI is InChI=1S/C10H6BrF3OS/c11-6-1-2-7-5(3-6)4-8(16-7)9(15)10(12,13)14/h1-4,9,15H/t9-/m1/s1. The molecule has 0 aliphatic heterocycles. The lowest BCUT2D eigenvalue weighted by Crippen LogP contribution is -2.18. The van der Waals surface area contributed by atoms with Gasteiger partial charge >= 0.3 is 6.18 Å². The number of aliphatic hydroxyl groups excluding tert-OH is 1. The third kappa shape index (κ3) is 2.23. The number of hydrogen-bond donors (Lipinski definition) is 1. The minimum atomic E-state index is -4.61. The molecule has 0 fully saturated rings. The first-order chi connectivity index (χ1) is 7.38. The van der Waals surface area contributed by atoms with Gasteiger partial charge < -0.3 is 5.11 Å². The molecule has 0 unspecified atom stereocenters. The maximum absolute atomic E-state index is 12.3. The molecule has 0 bridgehead atoms. The van der Waals surface area contributed by atoms with Gasteiger partial charge in [-0.15, -0.1) is 11.3 Å². The van der Waals surface area contributed by atoms with Gasteiger partial charge in [-0.05, 0) is 29.7 Å². The van der Waals surface area contributed by atoms with E-state index in [2.05, 4.69) is 15.9 Å². The lowest BCUT2D eigenvalue weighted by atomic mass is 10.2. The van der Waals surface area contributed by atoms with Crippen LogP contribution in [0.3, 0.4) is 0 Å². The van der Waals surface area contributed by atoms with E-state index in [1.807, 2.05) is 0 Å². The molecule has 0 aliphatic rings. The lowest BCUT2D eigenvalue weighted by molar-refractivity contribution is -0.205. The Balaban J connectivity index is 2.47. The zero-order chi connectivity index (χ0) is 11.9. The van der Waals surface area contributed by atoms with E-state index in [9.17, 15) is 13.2 Å². The Hall–Kier alpha value is -0.590. The van der Waals surface area contributed by atoms with Gasteiger partial charge in [-0.2, -0.15) is 13.2 Å². The Morgan fingerprint density at radius 2 is 1.94 bits per heavy atom. The number of alkyl halides is 3. The summed E-state index contributed by atoms with van der Waals surface area (Å²) >= 11 is 4.19. The van der Waals surface area contributed by atoms with Gasteiger partial charge in [-0.25, -0.2) is 0 Å². The molecule has 1 N–H and O–H groups in total. The highest BCUT2D eigenvalue weighted by Gasteiger charge is 2.40. The molecule has 0 aliphatic carbocycles. The third-order valence-corrected chi connectivity index (χ3v) is 3.74. The first kappa shape index (κ1) is 11.9. The van der Waals surface area contributed by atoms with Crippen LogP contribution >= 0.6 is 27.3 Å². The number of aliphatic hydroxyl groups is 1. The Labute approximate surface area is 102 Å². The van der Waals surface area contributed by atoms with Crippen LogP contribution < -0.4 is 0 Å². The van der Waals surface area contributed by atoms with Gasteiger partial charge in [0.15, 0.2) is 6.10 Å². The number of fused-ring (bicyclic) bond motifs is 1. The van der Waals surface area contributed by atoms with Crippen LogP contribution in [0, 0.1) is 0 Å². The molecular weight excluding hydrogens is 305 g/mol. The highest BCUT2D eigenvalue weighted by atomic mass is 79.9. The molecule has 0 saturated carbocycles. The summed E-state index contributed by atoms with van der Waals surface area (Å²) in [6.07, 6.45) is -7.01. The molecule has 0 amide bonds. The van der Waals surface area contributed by atoms with Gasteiger partial charge in [0.1, 0.15) is 0 Å². The summed E-state index contributed by atoms with van der Waals surface area (Å²) in [6.45, 7) is 0. The van der Waals surface area contributed by atoms with E-state index in [1.165, 1.54) is 6.07 Å². The largest absolute Gasteiger partial charge is 0.419 e. The Morgan fingerprint density at radius 3 is 2.56 bits per heavy atom. The number of thiophene rings is 1. The molecule has 0 spiro atoms. The maximum atomic E-state index is 12.3. The molecule has 2 rings (SSSR count). The normalized spacial score (nSPS) is 14.3. The van der Waals surface area contributed by atoms with E-state index in [1.54, 1.807) is 18.2 Å². The molecule has 0 saturated heterocycles. The average Bonchev–Trinajstić information content (AvgIpc) is 2.57. The van der Waals surface area contributed by atoms with Crippen LogP contribution in [0.1, 0.15) is 11.0 Å². The SMILES string of the molecule is O[C@H](c1cc2cc(Br)ccc2s1)C(F)(F)F. The summed E-state index contributed by atoms with van der Waals surface area (Å²) < 4.78 is 38.4. The predicted molar refractivity (Wildman–Crippen MR) is 60.5 cm³/mol. The number of benzene rings is 1. The quantitative estimate of drug-likeness (QED) is 0.834. The average molecular weight is 311 g/mol. The second kappa shape index (κ2) is 4.01. The maximum Gasteiger partial charge on any atom is 0.419 e. The van der Waals surface area contributed by atoms with Crippen molar-refractivity contribution in [2.45, 2.75) is 12.3 Å². The number of rotatable bonds is 1. The van der Waals surface area contributed by atoms with Crippen molar-refractivity contribution in [1.82, 2.24) is 0 Å². The summed E-state index contributed by atoms with van der Waals surface area (Å²) in [5, 5.41) is 9.79. The van der Waals surface area contributed by atoms with Crippen molar-refractivity contribution >= 4 is 37.4 Å². The van der Waals surface area contributed by atoms with Crippen molar-refractivity contribution in [3.05, 3.63) is 33.6 Å². The van der Waals surface area contributed by atoms with E-state index in [4.69, 9.17) is 5.11 Å². The molecule has 16 heavy (non-hydrogen) atoms. The zero-order valence-electron chi connectivity index (χ0n) is 7.75. The summed E-state index contributed by atoms with van der Waals surface area (Å²) in [5.74, 6) is 0. The lowest BCUT2D eigenvalue weighted by Gasteiger charge is -2.11. The summed E-state index contributed by atoms with van der Waals surface area (Å²) in [5.41, 5.74) is 0. The zero-order valence-corrected chi connectivity index (χ0v) is 10.2. The van der Waals surface area contributed by atoms with Crippen LogP contribution in [0.4, 0.5) is 13.2 Å². The monoisotopic (exact) mass is 310 g/mol. The second-order valence-electron chi connectivity index (χ2n) is 3.28. The molecule has 2 aromatic rings. The summed E-state index contributed by atoms with van der Waals surface area (Å²) in [7, 11) is 0. The molecule has 1 aromatic carbocycles. The fourth-order valence-corrected chi connectivity index (χ4v) is 2.77. The van der Waals surface area contributed by atoms with Crippen LogP contribution in [0.25, 0.3) is 10.1 Å². The van der Waals surface area contributed by atoms with Gasteiger partial charge in [-0.1, -0.05) is 15.9 Å². The number of hydrogen-bond acceptors (Lipinski definition) is 2. The van der Waals surface area contributed by atoms with Crippen molar-refractivity contribution in [3.8, 4) is 0 Å². The van der Waals surface area contributed by atoms with Crippen LogP contribution in [0.5, 0.6) is 0 Å². The first-order valence-corrected chi connectivity index (χ1v) is 5.92. The van der Waals surface area contributed by atoms with Gasteiger partial charge in [-0.3, -0.25) is 0 Å². The number of halogens is 4. The van der Waals surface area contributed by atoms with Gasteiger partial charge in [0.05, 0.1) is 0 Å². The summed E-state index contributed by atoms with van der Waals surface area (Å²) in [6, 6.07) is 6.56. The van der Waals surface area contributed by atoms with Crippen LogP contribution in [-0.4, -0.2) is 11.3 Å². The fourth-order valence-electron chi connectivity index (χ4n) is 1.33. The van der Waals surface area contributed by atoms with Crippen molar-refractivity contribution in [3.63, 3.8) is 0 Å². The molecule has 1 atom stereocenters.